The lowest BCUT2D eigenvalue weighted by molar-refractivity contribution is -0.125. The highest BCUT2D eigenvalue weighted by Crippen LogP contribution is 2.28. The van der Waals surface area contributed by atoms with Crippen LogP contribution in [0.5, 0.6) is 0 Å². The van der Waals surface area contributed by atoms with Gasteiger partial charge in [0.25, 0.3) is 5.91 Å². The largest absolute Gasteiger partial charge is 0.351 e. The first-order valence-electron chi connectivity index (χ1n) is 10.1. The molecule has 1 atom stereocenters. The third kappa shape index (κ3) is 4.86. The van der Waals surface area contributed by atoms with Crippen molar-refractivity contribution in [2.75, 3.05) is 13.1 Å². The van der Waals surface area contributed by atoms with Crippen LogP contribution in [-0.2, 0) is 4.79 Å². The van der Waals surface area contributed by atoms with Crippen LogP contribution in [0.1, 0.15) is 56.3 Å². The zero-order valence-corrected chi connectivity index (χ0v) is 16.2. The third-order valence-electron chi connectivity index (χ3n) is 5.72. The van der Waals surface area contributed by atoms with E-state index in [9.17, 15) is 14.0 Å². The van der Waals surface area contributed by atoms with Gasteiger partial charge in [0.15, 0.2) is 0 Å². The number of carbonyl (C=O) groups excluding carboxylic acids is 2. The number of nitrogens with zero attached hydrogens (tertiary/aromatic N) is 1. The first kappa shape index (κ1) is 19.8. The van der Waals surface area contributed by atoms with Crippen molar-refractivity contribution in [2.45, 2.75) is 64.1 Å². The molecule has 1 aromatic carbocycles. The van der Waals surface area contributed by atoms with Crippen molar-refractivity contribution in [3.8, 4) is 0 Å². The molecule has 27 heavy (non-hydrogen) atoms. The average Bonchev–Trinajstić information content (AvgIpc) is 2.62. The molecule has 2 aliphatic rings. The number of rotatable bonds is 6. The fraction of sp³-hybridized carbons (Fsp3) is 0.619. The molecule has 2 N–H and O–H groups in total. The van der Waals surface area contributed by atoms with Crippen molar-refractivity contribution in [1.82, 2.24) is 15.5 Å². The highest BCUT2D eigenvalue weighted by Gasteiger charge is 2.36. The summed E-state index contributed by atoms with van der Waals surface area (Å²) in [4.78, 5) is 27.6. The molecular weight excluding hydrogens is 345 g/mol. The minimum atomic E-state index is -0.675. The van der Waals surface area contributed by atoms with Gasteiger partial charge in [-0.3, -0.25) is 9.59 Å². The molecule has 1 saturated carbocycles. The molecule has 3 rings (SSSR count). The SMILES string of the molecule is CC(C)[C@@H](NC(=O)c1ccccc1F)C(=O)NC1CC(N2CCCCC2)C1. The molecule has 0 unspecified atom stereocenters. The molecule has 0 radical (unpaired) electrons. The van der Waals surface area contributed by atoms with Crippen LogP contribution in [0.2, 0.25) is 0 Å². The summed E-state index contributed by atoms with van der Waals surface area (Å²) in [6.45, 7) is 6.09. The van der Waals surface area contributed by atoms with Crippen molar-refractivity contribution in [1.29, 1.82) is 0 Å². The van der Waals surface area contributed by atoms with Crippen LogP contribution in [0.3, 0.4) is 0 Å². The van der Waals surface area contributed by atoms with Gasteiger partial charge in [-0.2, -0.15) is 0 Å². The van der Waals surface area contributed by atoms with Gasteiger partial charge in [0.2, 0.25) is 5.91 Å². The van der Waals surface area contributed by atoms with Crippen molar-refractivity contribution in [3.05, 3.63) is 35.6 Å². The lowest BCUT2D eigenvalue weighted by atomic mass is 9.84. The number of halogens is 1. The van der Waals surface area contributed by atoms with Crippen molar-refractivity contribution in [3.63, 3.8) is 0 Å². The van der Waals surface area contributed by atoms with Gasteiger partial charge in [-0.1, -0.05) is 32.4 Å². The number of nitrogens with one attached hydrogen (secondary N) is 2. The van der Waals surface area contributed by atoms with Crippen LogP contribution in [0.15, 0.2) is 24.3 Å². The number of carbonyl (C=O) groups is 2. The van der Waals surface area contributed by atoms with Gasteiger partial charge < -0.3 is 15.5 Å². The maximum absolute atomic E-state index is 13.8. The molecule has 0 aromatic heterocycles. The van der Waals surface area contributed by atoms with E-state index in [1.165, 1.54) is 50.6 Å². The maximum Gasteiger partial charge on any atom is 0.254 e. The van der Waals surface area contributed by atoms with Gasteiger partial charge in [0.1, 0.15) is 11.9 Å². The quantitative estimate of drug-likeness (QED) is 0.804. The Bertz CT molecular complexity index is 667. The Labute approximate surface area is 160 Å². The molecule has 6 heteroatoms. The molecule has 0 spiro atoms. The summed E-state index contributed by atoms with van der Waals surface area (Å²) < 4.78 is 13.8. The van der Waals surface area contributed by atoms with Gasteiger partial charge in [-0.05, 0) is 56.8 Å². The Balaban J connectivity index is 1.52. The summed E-state index contributed by atoms with van der Waals surface area (Å²) >= 11 is 0. The second kappa shape index (κ2) is 8.83. The second-order valence-electron chi connectivity index (χ2n) is 8.10. The van der Waals surface area contributed by atoms with Crippen molar-refractivity contribution >= 4 is 11.8 Å². The third-order valence-corrected chi connectivity index (χ3v) is 5.72. The van der Waals surface area contributed by atoms with E-state index < -0.39 is 17.8 Å². The topological polar surface area (TPSA) is 61.4 Å². The zero-order chi connectivity index (χ0) is 19.4. The molecule has 148 valence electrons. The number of piperidine rings is 1. The smallest absolute Gasteiger partial charge is 0.254 e. The Morgan fingerprint density at radius 2 is 1.78 bits per heavy atom. The molecule has 2 amide bonds. The van der Waals surface area contributed by atoms with E-state index in [2.05, 4.69) is 15.5 Å². The van der Waals surface area contributed by atoms with Gasteiger partial charge in [-0.15, -0.1) is 0 Å². The summed E-state index contributed by atoms with van der Waals surface area (Å²) in [6, 6.07) is 5.87. The summed E-state index contributed by atoms with van der Waals surface area (Å²) in [6.07, 6.45) is 5.80. The lowest BCUT2D eigenvalue weighted by Gasteiger charge is -2.45. The molecule has 1 saturated heterocycles. The fourth-order valence-electron chi connectivity index (χ4n) is 3.98. The van der Waals surface area contributed by atoms with Gasteiger partial charge in [-0.25, -0.2) is 4.39 Å². The Morgan fingerprint density at radius 1 is 1.11 bits per heavy atom. The van der Waals surface area contributed by atoms with E-state index in [1.54, 1.807) is 6.07 Å². The van der Waals surface area contributed by atoms with E-state index in [0.29, 0.717) is 6.04 Å². The molecule has 1 heterocycles. The predicted octanol–water partition coefficient (Wildman–Crippen LogP) is 2.71. The van der Waals surface area contributed by atoms with Crippen molar-refractivity contribution < 1.29 is 14.0 Å². The van der Waals surface area contributed by atoms with E-state index >= 15 is 0 Å². The molecule has 0 bridgehead atoms. The van der Waals surface area contributed by atoms with E-state index in [0.717, 1.165) is 12.8 Å². The molecule has 1 aromatic rings. The number of hydrogen-bond acceptors (Lipinski definition) is 3. The Kier molecular flexibility index (Phi) is 6.47. The van der Waals surface area contributed by atoms with Crippen LogP contribution >= 0.6 is 0 Å². The van der Waals surface area contributed by atoms with Crippen LogP contribution in [0.25, 0.3) is 0 Å². The van der Waals surface area contributed by atoms with Crippen LogP contribution in [0.4, 0.5) is 4.39 Å². The van der Waals surface area contributed by atoms with Crippen LogP contribution in [0, 0.1) is 11.7 Å². The number of likely N-dealkylation sites (tertiary alicyclic amines) is 1. The van der Waals surface area contributed by atoms with E-state index in [4.69, 9.17) is 0 Å². The predicted molar refractivity (Wildman–Crippen MR) is 103 cm³/mol. The zero-order valence-electron chi connectivity index (χ0n) is 16.2. The van der Waals surface area contributed by atoms with Crippen LogP contribution < -0.4 is 10.6 Å². The molecule has 5 nitrogen and oxygen atoms in total. The second-order valence-corrected chi connectivity index (χ2v) is 8.10. The van der Waals surface area contributed by atoms with Gasteiger partial charge >= 0.3 is 0 Å². The highest BCUT2D eigenvalue weighted by molar-refractivity contribution is 5.97. The summed E-state index contributed by atoms with van der Waals surface area (Å²) in [5.74, 6) is -1.40. The minimum Gasteiger partial charge on any atom is -0.351 e. The highest BCUT2D eigenvalue weighted by atomic mass is 19.1. The standard InChI is InChI=1S/C21H30FN3O2/c1-14(2)19(24-20(26)17-8-4-5-9-18(17)22)21(27)23-15-12-16(13-15)25-10-6-3-7-11-25/h4-5,8-9,14-16,19H,3,6-7,10-13H2,1-2H3,(H,23,27)(H,24,26)/t15?,16?,19-/m1/s1. The summed E-state index contributed by atoms with van der Waals surface area (Å²) in [7, 11) is 0. The fourth-order valence-corrected chi connectivity index (χ4v) is 3.98. The first-order valence-corrected chi connectivity index (χ1v) is 10.1. The van der Waals surface area contributed by atoms with E-state index in [-0.39, 0.29) is 23.4 Å². The monoisotopic (exact) mass is 375 g/mol. The molecule has 1 aliphatic carbocycles. The molecule has 1 aliphatic heterocycles. The van der Waals surface area contributed by atoms with E-state index in [1.807, 2.05) is 13.8 Å². The van der Waals surface area contributed by atoms with Gasteiger partial charge in [0.05, 0.1) is 5.56 Å². The van der Waals surface area contributed by atoms with Crippen LogP contribution in [-0.4, -0.2) is 47.9 Å². The Hall–Kier alpha value is -1.95. The summed E-state index contributed by atoms with van der Waals surface area (Å²) in [5, 5.41) is 5.76. The molecule has 2 fully saturated rings. The number of hydrogen-bond donors (Lipinski definition) is 2. The van der Waals surface area contributed by atoms with Crippen molar-refractivity contribution in [2.24, 2.45) is 5.92 Å². The summed E-state index contributed by atoms with van der Waals surface area (Å²) in [5.41, 5.74) is -0.0373. The number of benzene rings is 1. The first-order chi connectivity index (χ1) is 13.0. The molecular formula is C21H30FN3O2. The van der Waals surface area contributed by atoms with Gasteiger partial charge in [0, 0.05) is 12.1 Å². The normalized spacial score (nSPS) is 24.1. The Morgan fingerprint density at radius 3 is 2.41 bits per heavy atom. The minimum absolute atomic E-state index is 0.0373. The number of amides is 2. The average molecular weight is 375 g/mol. The maximum atomic E-state index is 13.8. The lowest BCUT2D eigenvalue weighted by Crippen LogP contribution is -2.58.